The van der Waals surface area contributed by atoms with Crippen molar-refractivity contribution in [2.45, 2.75) is 71.6 Å². The van der Waals surface area contributed by atoms with Crippen molar-refractivity contribution in [2.75, 3.05) is 18.0 Å². The van der Waals surface area contributed by atoms with Crippen LogP contribution in [0.3, 0.4) is 0 Å². The average molecular weight is 414 g/mol. The Balaban J connectivity index is 1.64. The van der Waals surface area contributed by atoms with E-state index in [1.165, 1.54) is 67.6 Å². The Bertz CT molecular complexity index is 907. The summed E-state index contributed by atoms with van der Waals surface area (Å²) >= 11 is 0. The number of anilines is 1. The van der Waals surface area contributed by atoms with Crippen molar-refractivity contribution in [1.29, 1.82) is 0 Å². The number of rotatable bonds is 5. The normalized spacial score (nSPS) is 22.5. The van der Waals surface area contributed by atoms with Crippen molar-refractivity contribution < 1.29 is 0 Å². The van der Waals surface area contributed by atoms with E-state index >= 15 is 0 Å². The fourth-order valence-electron chi connectivity index (χ4n) is 5.74. The Morgan fingerprint density at radius 1 is 0.903 bits per heavy atom. The first-order valence-electron chi connectivity index (χ1n) is 12.3. The maximum absolute atomic E-state index is 2.59. The van der Waals surface area contributed by atoms with Gasteiger partial charge in [0.2, 0.25) is 0 Å². The molecule has 2 aromatic carbocycles. The summed E-state index contributed by atoms with van der Waals surface area (Å²) in [5, 5.41) is 0. The lowest BCUT2D eigenvalue weighted by Gasteiger charge is -2.36. The highest BCUT2D eigenvalue weighted by molar-refractivity contribution is 5.51. The third-order valence-corrected chi connectivity index (χ3v) is 7.60. The Labute approximate surface area is 189 Å². The van der Waals surface area contributed by atoms with Gasteiger partial charge in [-0.15, -0.1) is 0 Å². The molecule has 0 aromatic heterocycles. The molecule has 164 valence electrons. The van der Waals surface area contributed by atoms with E-state index in [-0.39, 0.29) is 0 Å². The van der Waals surface area contributed by atoms with Gasteiger partial charge in [0, 0.05) is 24.7 Å². The zero-order valence-corrected chi connectivity index (χ0v) is 19.9. The molecule has 0 spiro atoms. The van der Waals surface area contributed by atoms with Gasteiger partial charge in [-0.25, -0.2) is 0 Å². The monoisotopic (exact) mass is 413 g/mol. The number of hydrogen-bond donors (Lipinski definition) is 0. The predicted octanol–water partition coefficient (Wildman–Crippen LogP) is 8.26. The largest absolute Gasteiger partial charge is 0.372 e. The molecule has 1 aliphatic carbocycles. The van der Waals surface area contributed by atoms with Gasteiger partial charge >= 0.3 is 0 Å². The Morgan fingerprint density at radius 2 is 1.58 bits per heavy atom. The number of hydrogen-bond acceptors (Lipinski definition) is 1. The highest BCUT2D eigenvalue weighted by atomic mass is 15.1. The molecule has 31 heavy (non-hydrogen) atoms. The summed E-state index contributed by atoms with van der Waals surface area (Å²) < 4.78 is 0. The van der Waals surface area contributed by atoms with E-state index in [1.54, 1.807) is 11.1 Å². The van der Waals surface area contributed by atoms with Crippen LogP contribution in [0, 0.1) is 5.92 Å². The maximum atomic E-state index is 2.59. The second kappa shape index (κ2) is 9.90. The van der Waals surface area contributed by atoms with E-state index in [0.29, 0.717) is 11.8 Å². The minimum atomic E-state index is 0.460. The van der Waals surface area contributed by atoms with Gasteiger partial charge in [-0.2, -0.15) is 0 Å². The smallest absolute Gasteiger partial charge is 0.0366 e. The summed E-state index contributed by atoms with van der Waals surface area (Å²) in [5.41, 5.74) is 8.85. The van der Waals surface area contributed by atoms with Crippen LogP contribution in [0.4, 0.5) is 5.69 Å². The molecule has 2 aliphatic rings. The molecular weight excluding hydrogens is 374 g/mol. The molecule has 4 rings (SSSR count). The first-order chi connectivity index (χ1) is 15.1. The van der Waals surface area contributed by atoms with Crippen molar-refractivity contribution in [3.05, 3.63) is 88.5 Å². The summed E-state index contributed by atoms with van der Waals surface area (Å²) in [6, 6.07) is 20.8. The Morgan fingerprint density at radius 3 is 2.19 bits per heavy atom. The van der Waals surface area contributed by atoms with Gasteiger partial charge < -0.3 is 4.90 Å². The molecule has 2 unspecified atom stereocenters. The number of benzene rings is 2. The lowest BCUT2D eigenvalue weighted by atomic mass is 9.69. The van der Waals surface area contributed by atoms with E-state index in [4.69, 9.17) is 0 Å². The molecule has 2 aromatic rings. The molecule has 0 amide bonds. The summed E-state index contributed by atoms with van der Waals surface area (Å²) in [6.07, 6.45) is 8.81. The molecule has 0 N–H and O–H groups in total. The van der Waals surface area contributed by atoms with Crippen LogP contribution < -0.4 is 4.90 Å². The molecule has 0 bridgehead atoms. The van der Waals surface area contributed by atoms with E-state index in [9.17, 15) is 0 Å². The predicted molar refractivity (Wildman–Crippen MR) is 135 cm³/mol. The van der Waals surface area contributed by atoms with Crippen LogP contribution >= 0.6 is 0 Å². The Hall–Kier alpha value is -2.28. The average Bonchev–Trinajstić information content (AvgIpc) is 2.81. The number of piperidine rings is 1. The van der Waals surface area contributed by atoms with E-state index < -0.39 is 0 Å². The number of nitrogens with zero attached hydrogens (tertiary/aromatic N) is 1. The summed E-state index contributed by atoms with van der Waals surface area (Å²) in [7, 11) is 0. The molecule has 2 atom stereocenters. The van der Waals surface area contributed by atoms with Gasteiger partial charge in [0.25, 0.3) is 0 Å². The van der Waals surface area contributed by atoms with Crippen LogP contribution in [0.5, 0.6) is 0 Å². The third-order valence-electron chi connectivity index (χ3n) is 7.60. The van der Waals surface area contributed by atoms with Crippen LogP contribution in [-0.4, -0.2) is 13.1 Å². The molecule has 0 radical (unpaired) electrons. The van der Waals surface area contributed by atoms with E-state index in [1.807, 2.05) is 0 Å². The van der Waals surface area contributed by atoms with Crippen LogP contribution in [0.1, 0.15) is 82.8 Å². The maximum Gasteiger partial charge on any atom is 0.0366 e. The molecular formula is C30H39N. The highest BCUT2D eigenvalue weighted by Gasteiger charge is 2.31. The molecule has 1 aliphatic heterocycles. The van der Waals surface area contributed by atoms with Crippen molar-refractivity contribution in [2.24, 2.45) is 5.92 Å². The highest BCUT2D eigenvalue weighted by Crippen LogP contribution is 2.47. The van der Waals surface area contributed by atoms with Gasteiger partial charge in [-0.1, -0.05) is 73.0 Å². The molecule has 1 saturated heterocycles. The Kier molecular flexibility index (Phi) is 7.00. The minimum Gasteiger partial charge on any atom is -0.372 e. The zero-order chi connectivity index (χ0) is 21.8. The molecule has 1 heteroatoms. The van der Waals surface area contributed by atoms with Crippen molar-refractivity contribution in [1.82, 2.24) is 0 Å². The van der Waals surface area contributed by atoms with Gasteiger partial charge in [-0.3, -0.25) is 0 Å². The van der Waals surface area contributed by atoms with Crippen LogP contribution in [-0.2, 0) is 0 Å². The van der Waals surface area contributed by atoms with Gasteiger partial charge in [0.15, 0.2) is 0 Å². The number of allylic oxidation sites excluding steroid dienone is 4. The molecule has 1 nitrogen and oxygen atoms in total. The van der Waals surface area contributed by atoms with Crippen molar-refractivity contribution in [3.63, 3.8) is 0 Å². The lowest BCUT2D eigenvalue weighted by molar-refractivity contribution is 0.395. The zero-order valence-electron chi connectivity index (χ0n) is 19.9. The fourth-order valence-corrected chi connectivity index (χ4v) is 5.74. The SMILES string of the molecule is CCC1CCN(c2ccc(C3C(C)=C(C=C(C)C)CCC3c3ccccc3)cc2)CC1. The van der Waals surface area contributed by atoms with Gasteiger partial charge in [0.05, 0.1) is 0 Å². The van der Waals surface area contributed by atoms with Crippen molar-refractivity contribution in [3.8, 4) is 0 Å². The topological polar surface area (TPSA) is 3.24 Å². The van der Waals surface area contributed by atoms with Gasteiger partial charge in [-0.05, 0) is 87.1 Å². The third kappa shape index (κ3) is 4.97. The fraction of sp³-hybridized carbons (Fsp3) is 0.467. The lowest BCUT2D eigenvalue weighted by Crippen LogP contribution is -2.33. The van der Waals surface area contributed by atoms with Crippen molar-refractivity contribution >= 4 is 5.69 Å². The van der Waals surface area contributed by atoms with Crippen LogP contribution in [0.2, 0.25) is 0 Å². The summed E-state index contributed by atoms with van der Waals surface area (Å²) in [5.74, 6) is 1.94. The summed E-state index contributed by atoms with van der Waals surface area (Å²) in [4.78, 5) is 2.59. The first kappa shape index (κ1) is 21.9. The van der Waals surface area contributed by atoms with Gasteiger partial charge in [0.1, 0.15) is 0 Å². The van der Waals surface area contributed by atoms with E-state index in [0.717, 1.165) is 5.92 Å². The van der Waals surface area contributed by atoms with E-state index in [2.05, 4.69) is 93.3 Å². The molecule has 0 saturated carbocycles. The van der Waals surface area contributed by atoms with Crippen LogP contribution in [0.15, 0.2) is 77.4 Å². The standard InChI is InChI=1S/C30H39N/c1-5-24-17-19-31(20-18-24)28-14-11-26(12-15-28)30-23(4)27(21-22(2)3)13-16-29(30)25-9-7-6-8-10-25/h6-12,14-15,21,24,29-30H,5,13,16-20H2,1-4H3. The quantitative estimate of drug-likeness (QED) is 0.477. The first-order valence-corrected chi connectivity index (χ1v) is 12.3. The minimum absolute atomic E-state index is 0.460. The molecule has 1 fully saturated rings. The summed E-state index contributed by atoms with van der Waals surface area (Å²) in [6.45, 7) is 11.6. The second-order valence-electron chi connectivity index (χ2n) is 9.89. The second-order valence-corrected chi connectivity index (χ2v) is 9.89. The molecule has 1 heterocycles. The van der Waals surface area contributed by atoms with Crippen LogP contribution in [0.25, 0.3) is 0 Å².